The SMILES string of the molecule is CC#CC(C/C(=N/N)NN)c1ccc(OCc2ccc3scc(-c4ccc(OC5CCOCC5)cc4C)c3c2)cc1. The quantitative estimate of drug-likeness (QED) is 0.0725. The van der Waals surface area contributed by atoms with Gasteiger partial charge in [0.1, 0.15) is 30.0 Å². The number of benzene rings is 3. The predicted molar refractivity (Wildman–Crippen MR) is 167 cm³/mol. The number of nitrogens with zero attached hydrogens (tertiary/aromatic N) is 1. The van der Waals surface area contributed by atoms with E-state index in [4.69, 9.17) is 25.9 Å². The second-order valence-electron chi connectivity index (χ2n) is 10.1. The molecule has 41 heavy (non-hydrogen) atoms. The Morgan fingerprint density at radius 1 is 1.07 bits per heavy atom. The first kappa shape index (κ1) is 28.5. The van der Waals surface area contributed by atoms with Gasteiger partial charge in [-0.2, -0.15) is 5.10 Å². The van der Waals surface area contributed by atoms with E-state index in [9.17, 15) is 0 Å². The molecule has 1 aliphatic heterocycles. The Kier molecular flexibility index (Phi) is 9.42. The van der Waals surface area contributed by atoms with Gasteiger partial charge in [0.2, 0.25) is 0 Å². The molecule has 1 saturated heterocycles. The van der Waals surface area contributed by atoms with Crippen LogP contribution in [0.2, 0.25) is 0 Å². The second-order valence-corrected chi connectivity index (χ2v) is 11.0. The highest BCUT2D eigenvalue weighted by Gasteiger charge is 2.17. The number of ether oxygens (including phenoxy) is 3. The van der Waals surface area contributed by atoms with Crippen LogP contribution in [-0.4, -0.2) is 25.2 Å². The van der Waals surface area contributed by atoms with E-state index in [2.05, 4.69) is 71.1 Å². The van der Waals surface area contributed by atoms with Crippen molar-refractivity contribution in [1.29, 1.82) is 0 Å². The Morgan fingerprint density at radius 2 is 1.85 bits per heavy atom. The fraction of sp³-hybridized carbons (Fsp3) is 0.303. The molecule has 5 rings (SSSR count). The molecule has 0 aliphatic carbocycles. The largest absolute Gasteiger partial charge is 0.490 e. The molecule has 5 N–H and O–H groups in total. The molecule has 0 radical (unpaired) electrons. The summed E-state index contributed by atoms with van der Waals surface area (Å²) in [6.07, 6.45) is 2.61. The van der Waals surface area contributed by atoms with Crippen molar-refractivity contribution >= 4 is 27.3 Å². The third kappa shape index (κ3) is 7.01. The zero-order chi connectivity index (χ0) is 28.6. The van der Waals surface area contributed by atoms with E-state index >= 15 is 0 Å². The maximum atomic E-state index is 6.23. The van der Waals surface area contributed by atoms with E-state index in [0.29, 0.717) is 18.9 Å². The van der Waals surface area contributed by atoms with Crippen LogP contribution in [0.1, 0.15) is 48.8 Å². The van der Waals surface area contributed by atoms with Crippen molar-refractivity contribution in [2.75, 3.05) is 13.2 Å². The molecule has 1 aliphatic rings. The van der Waals surface area contributed by atoms with Crippen LogP contribution in [0.5, 0.6) is 11.5 Å². The summed E-state index contributed by atoms with van der Waals surface area (Å²) < 4.78 is 19.1. The maximum absolute atomic E-state index is 6.23. The number of hydrogen-bond acceptors (Lipinski definition) is 7. The first-order chi connectivity index (χ1) is 20.1. The molecule has 0 bridgehead atoms. The molecule has 8 heteroatoms. The third-order valence-electron chi connectivity index (χ3n) is 7.32. The van der Waals surface area contributed by atoms with Gasteiger partial charge in [-0.3, -0.25) is 0 Å². The average Bonchev–Trinajstić information content (AvgIpc) is 3.42. The summed E-state index contributed by atoms with van der Waals surface area (Å²) in [5.41, 5.74) is 8.36. The van der Waals surface area contributed by atoms with Gasteiger partial charge in [-0.15, -0.1) is 17.3 Å². The summed E-state index contributed by atoms with van der Waals surface area (Å²) in [5.74, 6) is 19.2. The molecular weight excluding hydrogens is 532 g/mol. The minimum atomic E-state index is -0.0715. The molecule has 7 nitrogen and oxygen atoms in total. The first-order valence-electron chi connectivity index (χ1n) is 13.8. The minimum Gasteiger partial charge on any atom is -0.490 e. The van der Waals surface area contributed by atoms with Crippen LogP contribution < -0.4 is 26.6 Å². The molecule has 0 amide bonds. The number of nitrogens with one attached hydrogen (secondary N) is 1. The van der Waals surface area contributed by atoms with Gasteiger partial charge < -0.3 is 25.5 Å². The normalized spacial score (nSPS) is 14.8. The number of nitrogens with two attached hydrogens (primary N) is 2. The van der Waals surface area contributed by atoms with Gasteiger partial charge in [0.25, 0.3) is 0 Å². The number of amidine groups is 1. The lowest BCUT2D eigenvalue weighted by Crippen LogP contribution is -2.32. The van der Waals surface area contributed by atoms with Crippen LogP contribution in [-0.2, 0) is 11.3 Å². The number of hydrazine groups is 1. The number of hydrogen-bond donors (Lipinski definition) is 3. The lowest BCUT2D eigenvalue weighted by Gasteiger charge is -2.23. The van der Waals surface area contributed by atoms with Crippen molar-refractivity contribution < 1.29 is 14.2 Å². The lowest BCUT2D eigenvalue weighted by molar-refractivity contribution is 0.0255. The predicted octanol–water partition coefficient (Wildman–Crippen LogP) is 6.25. The van der Waals surface area contributed by atoms with Crippen molar-refractivity contribution in [3.63, 3.8) is 0 Å². The van der Waals surface area contributed by atoms with Crippen molar-refractivity contribution in [3.8, 4) is 34.5 Å². The van der Waals surface area contributed by atoms with Gasteiger partial charge in [0.15, 0.2) is 0 Å². The van der Waals surface area contributed by atoms with Crippen LogP contribution in [0.15, 0.2) is 71.1 Å². The molecule has 1 aromatic heterocycles. The monoisotopic (exact) mass is 568 g/mol. The fourth-order valence-electron chi connectivity index (χ4n) is 5.10. The van der Waals surface area contributed by atoms with Crippen LogP contribution in [0.4, 0.5) is 0 Å². The van der Waals surface area contributed by atoms with Crippen LogP contribution >= 0.6 is 11.3 Å². The van der Waals surface area contributed by atoms with Crippen molar-refractivity contribution in [2.24, 2.45) is 16.8 Å². The van der Waals surface area contributed by atoms with Crippen molar-refractivity contribution in [1.82, 2.24) is 5.43 Å². The van der Waals surface area contributed by atoms with Gasteiger partial charge >= 0.3 is 0 Å². The Hall–Kier alpha value is -4.03. The molecule has 1 unspecified atom stereocenters. The summed E-state index contributed by atoms with van der Waals surface area (Å²) in [4.78, 5) is 0. The number of thiophene rings is 1. The Labute approximate surface area is 245 Å². The van der Waals surface area contributed by atoms with E-state index in [1.165, 1.54) is 26.8 Å². The van der Waals surface area contributed by atoms with E-state index in [1.54, 1.807) is 11.3 Å². The Bertz CT molecular complexity index is 1560. The molecule has 1 fully saturated rings. The standard InChI is InChI=1S/C33H36N4O3S/c1-3-4-25(19-33(36-34)37-35)24-6-8-26(9-7-24)39-20-23-5-12-32-30(18-23)31(21-41-32)29-11-10-28(17-22(29)2)40-27-13-15-38-16-14-27/h5-12,17-18,21,25,27H,13-16,19-20,34-35H2,1-2H3,(H,36,37). The average molecular weight is 569 g/mol. The highest BCUT2D eigenvalue weighted by Crippen LogP contribution is 2.37. The molecule has 4 aromatic rings. The van der Waals surface area contributed by atoms with E-state index < -0.39 is 0 Å². The van der Waals surface area contributed by atoms with Crippen molar-refractivity contribution in [3.05, 3.63) is 82.7 Å². The van der Waals surface area contributed by atoms with E-state index in [1.807, 2.05) is 31.2 Å². The number of aryl methyl sites for hydroxylation is 1. The Morgan fingerprint density at radius 3 is 2.56 bits per heavy atom. The zero-order valence-electron chi connectivity index (χ0n) is 23.5. The Balaban J connectivity index is 1.28. The maximum Gasteiger partial charge on any atom is 0.137 e. The lowest BCUT2D eigenvalue weighted by atomic mass is 9.95. The topological polar surface area (TPSA) is 104 Å². The van der Waals surface area contributed by atoms with Gasteiger partial charge in [-0.1, -0.05) is 30.2 Å². The first-order valence-corrected chi connectivity index (χ1v) is 14.7. The summed E-state index contributed by atoms with van der Waals surface area (Å²) in [6, 6.07) is 20.9. The van der Waals surface area contributed by atoms with Gasteiger partial charge in [-0.25, -0.2) is 5.84 Å². The molecule has 1 atom stereocenters. The molecule has 0 spiro atoms. The van der Waals surface area contributed by atoms with E-state index in [-0.39, 0.29) is 12.0 Å². The van der Waals surface area contributed by atoms with Gasteiger partial charge in [-0.05, 0) is 77.9 Å². The zero-order valence-corrected chi connectivity index (χ0v) is 24.3. The minimum absolute atomic E-state index is 0.0715. The third-order valence-corrected chi connectivity index (χ3v) is 8.29. The van der Waals surface area contributed by atoms with Crippen LogP contribution in [0, 0.1) is 18.8 Å². The fourth-order valence-corrected chi connectivity index (χ4v) is 6.05. The van der Waals surface area contributed by atoms with Crippen molar-refractivity contribution in [2.45, 2.75) is 51.7 Å². The highest BCUT2D eigenvalue weighted by molar-refractivity contribution is 7.17. The van der Waals surface area contributed by atoms with E-state index in [0.717, 1.165) is 48.7 Å². The van der Waals surface area contributed by atoms with Gasteiger partial charge in [0, 0.05) is 34.9 Å². The van der Waals surface area contributed by atoms with Gasteiger partial charge in [0.05, 0.1) is 19.1 Å². The van der Waals surface area contributed by atoms with Crippen LogP contribution in [0.3, 0.4) is 0 Å². The smallest absolute Gasteiger partial charge is 0.137 e. The number of fused-ring (bicyclic) bond motifs is 1. The molecule has 2 heterocycles. The number of hydrazone groups is 1. The molecule has 3 aromatic carbocycles. The molecule has 212 valence electrons. The summed E-state index contributed by atoms with van der Waals surface area (Å²) in [6.45, 7) is 5.98. The second kappa shape index (κ2) is 13.6. The summed E-state index contributed by atoms with van der Waals surface area (Å²) in [5, 5.41) is 7.16. The van der Waals surface area contributed by atoms with Crippen LogP contribution in [0.25, 0.3) is 21.2 Å². The molecular formula is C33H36N4O3S. The molecule has 0 saturated carbocycles. The number of rotatable bonds is 9. The summed E-state index contributed by atoms with van der Waals surface area (Å²) in [7, 11) is 0. The summed E-state index contributed by atoms with van der Waals surface area (Å²) >= 11 is 1.76. The highest BCUT2D eigenvalue weighted by atomic mass is 32.1.